The van der Waals surface area contributed by atoms with E-state index < -0.39 is 10.1 Å². The van der Waals surface area contributed by atoms with E-state index in [1.165, 1.54) is 19.2 Å². The summed E-state index contributed by atoms with van der Waals surface area (Å²) in [5, 5.41) is 2.89. The summed E-state index contributed by atoms with van der Waals surface area (Å²) in [5.41, 5.74) is 0.692. The number of quaternary nitrogens is 1. The van der Waals surface area contributed by atoms with Crippen LogP contribution in [0, 0.1) is 0 Å². The molecule has 0 bridgehead atoms. The molecule has 5 heteroatoms. The first-order valence-electron chi connectivity index (χ1n) is 5.50. The molecule has 0 saturated carbocycles. The van der Waals surface area contributed by atoms with Gasteiger partial charge in [-0.05, 0) is 25.5 Å². The molecule has 0 aliphatic heterocycles. The fourth-order valence-electron chi connectivity index (χ4n) is 1.01. The van der Waals surface area contributed by atoms with Gasteiger partial charge in [0, 0.05) is 5.41 Å². The van der Waals surface area contributed by atoms with Crippen molar-refractivity contribution in [2.24, 2.45) is 0 Å². The fourth-order valence-corrected chi connectivity index (χ4v) is 1.34. The summed E-state index contributed by atoms with van der Waals surface area (Å²) >= 11 is 0. The number of benzene rings is 1. The standard InChI is InChI=1S/C8H8O3S.C4H11N/c9-12(10,11)7-6-8-4-2-1-3-5-8;1-3-5-4-2/h1-7H,(H,9,10,11);5H,3-4H2,1-2H3. The van der Waals surface area contributed by atoms with Crippen LogP contribution in [0.4, 0.5) is 0 Å². The van der Waals surface area contributed by atoms with Gasteiger partial charge >= 0.3 is 0 Å². The molecule has 0 amide bonds. The first kappa shape index (κ1) is 15.8. The molecule has 0 unspecified atom stereocenters. The summed E-state index contributed by atoms with van der Waals surface area (Å²) in [6.07, 6.45) is 1.27. The SMILES string of the molecule is CC[NH2+]CC.O=S(=O)([O-])C=Cc1ccccc1. The van der Waals surface area contributed by atoms with Crippen LogP contribution in [0.1, 0.15) is 19.4 Å². The van der Waals surface area contributed by atoms with Crippen molar-refractivity contribution in [3.05, 3.63) is 41.3 Å². The van der Waals surface area contributed by atoms with E-state index in [0.29, 0.717) is 11.0 Å². The zero-order chi connectivity index (χ0) is 13.1. The van der Waals surface area contributed by atoms with E-state index in [4.69, 9.17) is 0 Å². The molecule has 17 heavy (non-hydrogen) atoms. The molecule has 1 aromatic carbocycles. The summed E-state index contributed by atoms with van der Waals surface area (Å²) < 4.78 is 30.5. The molecule has 0 heterocycles. The molecule has 4 nitrogen and oxygen atoms in total. The Balaban J connectivity index is 0.000000437. The minimum Gasteiger partial charge on any atom is -0.744 e. The average molecular weight is 257 g/mol. The molecule has 0 atom stereocenters. The number of hydrogen-bond acceptors (Lipinski definition) is 3. The van der Waals surface area contributed by atoms with Crippen LogP contribution >= 0.6 is 0 Å². The topological polar surface area (TPSA) is 73.8 Å². The van der Waals surface area contributed by atoms with Gasteiger partial charge in [-0.15, -0.1) is 0 Å². The van der Waals surface area contributed by atoms with Gasteiger partial charge in [0.1, 0.15) is 10.1 Å². The van der Waals surface area contributed by atoms with E-state index in [2.05, 4.69) is 19.2 Å². The molecular weight excluding hydrogens is 238 g/mol. The largest absolute Gasteiger partial charge is 0.744 e. The van der Waals surface area contributed by atoms with Crippen molar-refractivity contribution in [3.8, 4) is 0 Å². The van der Waals surface area contributed by atoms with Crippen LogP contribution in [0.3, 0.4) is 0 Å². The minimum absolute atomic E-state index is 0.641. The van der Waals surface area contributed by atoms with E-state index in [1.807, 2.05) is 6.07 Å². The van der Waals surface area contributed by atoms with Crippen LogP contribution in [0.5, 0.6) is 0 Å². The lowest BCUT2D eigenvalue weighted by Gasteiger charge is -1.97. The zero-order valence-corrected chi connectivity index (χ0v) is 11.0. The Bertz CT molecular complexity index is 411. The Labute approximate surface area is 103 Å². The summed E-state index contributed by atoms with van der Waals surface area (Å²) in [7, 11) is -4.25. The summed E-state index contributed by atoms with van der Waals surface area (Å²) in [6, 6.07) is 8.75. The van der Waals surface area contributed by atoms with Crippen molar-refractivity contribution < 1.29 is 18.3 Å². The predicted octanol–water partition coefficient (Wildman–Crippen LogP) is 0.792. The van der Waals surface area contributed by atoms with Gasteiger partial charge in [-0.3, -0.25) is 0 Å². The third kappa shape index (κ3) is 11.1. The summed E-state index contributed by atoms with van der Waals surface area (Å²) in [4.78, 5) is 0. The summed E-state index contributed by atoms with van der Waals surface area (Å²) in [6.45, 7) is 6.75. The lowest BCUT2D eigenvalue weighted by Crippen LogP contribution is -2.82. The third-order valence-electron chi connectivity index (χ3n) is 1.80. The van der Waals surface area contributed by atoms with Crippen LogP contribution in [-0.4, -0.2) is 26.1 Å². The van der Waals surface area contributed by atoms with Crippen LogP contribution in [0.15, 0.2) is 35.7 Å². The van der Waals surface area contributed by atoms with Crippen molar-refractivity contribution in [1.82, 2.24) is 0 Å². The van der Waals surface area contributed by atoms with E-state index in [9.17, 15) is 13.0 Å². The van der Waals surface area contributed by atoms with Gasteiger partial charge in [0.2, 0.25) is 0 Å². The molecule has 0 spiro atoms. The van der Waals surface area contributed by atoms with Crippen LogP contribution < -0.4 is 5.32 Å². The van der Waals surface area contributed by atoms with E-state index >= 15 is 0 Å². The monoisotopic (exact) mass is 257 g/mol. The fraction of sp³-hybridized carbons (Fsp3) is 0.333. The number of rotatable bonds is 4. The van der Waals surface area contributed by atoms with Gasteiger partial charge in [0.05, 0.1) is 13.1 Å². The second-order valence-electron chi connectivity index (χ2n) is 3.31. The van der Waals surface area contributed by atoms with Gasteiger partial charge in [0.25, 0.3) is 0 Å². The lowest BCUT2D eigenvalue weighted by molar-refractivity contribution is -0.648. The molecule has 0 aromatic heterocycles. The molecule has 0 saturated heterocycles. The highest BCUT2D eigenvalue weighted by atomic mass is 32.2. The maximum atomic E-state index is 10.2. The van der Waals surface area contributed by atoms with Gasteiger partial charge < -0.3 is 9.87 Å². The van der Waals surface area contributed by atoms with Crippen molar-refractivity contribution in [3.63, 3.8) is 0 Å². The normalized spacial score (nSPS) is 11.0. The van der Waals surface area contributed by atoms with Crippen LogP contribution in [-0.2, 0) is 10.1 Å². The average Bonchev–Trinajstić information content (AvgIpc) is 2.29. The molecule has 1 aromatic rings. The molecule has 0 aliphatic carbocycles. The van der Waals surface area contributed by atoms with Crippen molar-refractivity contribution in [1.29, 1.82) is 0 Å². The molecule has 1 rings (SSSR count). The minimum atomic E-state index is -4.25. The number of nitrogens with two attached hydrogens (primary N) is 1. The number of hydrogen-bond donors (Lipinski definition) is 1. The first-order valence-corrected chi connectivity index (χ1v) is 6.97. The first-order chi connectivity index (χ1) is 7.99. The highest BCUT2D eigenvalue weighted by Gasteiger charge is 1.85. The van der Waals surface area contributed by atoms with Crippen LogP contribution in [0.2, 0.25) is 0 Å². The molecule has 0 fully saturated rings. The smallest absolute Gasteiger partial charge is 0.117 e. The zero-order valence-electron chi connectivity index (χ0n) is 10.2. The Morgan fingerprint density at radius 2 is 1.71 bits per heavy atom. The molecule has 2 N–H and O–H groups in total. The second-order valence-corrected chi connectivity index (χ2v) is 4.57. The highest BCUT2D eigenvalue weighted by molar-refractivity contribution is 7.88. The molecule has 0 aliphatic rings. The predicted molar refractivity (Wildman–Crippen MR) is 68.2 cm³/mol. The Morgan fingerprint density at radius 1 is 1.18 bits per heavy atom. The molecular formula is C12H19NO3S. The maximum Gasteiger partial charge on any atom is 0.117 e. The van der Waals surface area contributed by atoms with Crippen molar-refractivity contribution >= 4 is 16.2 Å². The van der Waals surface area contributed by atoms with Gasteiger partial charge in [-0.2, -0.15) is 0 Å². The molecule has 0 radical (unpaired) electrons. The van der Waals surface area contributed by atoms with Crippen molar-refractivity contribution in [2.45, 2.75) is 13.8 Å². The third-order valence-corrected chi connectivity index (χ3v) is 2.27. The van der Waals surface area contributed by atoms with E-state index in [-0.39, 0.29) is 0 Å². The van der Waals surface area contributed by atoms with Gasteiger partial charge in [0.15, 0.2) is 0 Å². The van der Waals surface area contributed by atoms with Gasteiger partial charge in [-0.1, -0.05) is 30.3 Å². The second kappa shape index (κ2) is 8.92. The quantitative estimate of drug-likeness (QED) is 0.810. The van der Waals surface area contributed by atoms with Crippen molar-refractivity contribution in [2.75, 3.05) is 13.1 Å². The van der Waals surface area contributed by atoms with Gasteiger partial charge in [-0.25, -0.2) is 8.42 Å². The Hall–Kier alpha value is -1.17. The maximum absolute atomic E-state index is 10.2. The van der Waals surface area contributed by atoms with E-state index in [1.54, 1.807) is 24.3 Å². The lowest BCUT2D eigenvalue weighted by atomic mass is 10.2. The van der Waals surface area contributed by atoms with E-state index in [0.717, 1.165) is 0 Å². The Kier molecular flexibility index (Phi) is 8.31. The highest BCUT2D eigenvalue weighted by Crippen LogP contribution is 2.01. The Morgan fingerprint density at radius 3 is 2.06 bits per heavy atom. The molecule has 96 valence electrons. The summed E-state index contributed by atoms with van der Waals surface area (Å²) in [5.74, 6) is 0. The van der Waals surface area contributed by atoms with Crippen LogP contribution in [0.25, 0.3) is 6.08 Å².